The maximum absolute atomic E-state index is 5.48. The van der Waals surface area contributed by atoms with E-state index in [4.69, 9.17) is 14.7 Å². The summed E-state index contributed by atoms with van der Waals surface area (Å²) in [6.45, 7) is 9.37. The van der Waals surface area contributed by atoms with Gasteiger partial charge in [-0.2, -0.15) is 0 Å². The van der Waals surface area contributed by atoms with E-state index < -0.39 is 0 Å². The summed E-state index contributed by atoms with van der Waals surface area (Å²) < 4.78 is 5.48. The lowest BCUT2D eigenvalue weighted by Gasteiger charge is -2.26. The number of anilines is 1. The van der Waals surface area contributed by atoms with Crippen molar-refractivity contribution < 1.29 is 4.74 Å². The number of aromatic nitrogens is 2. The molecule has 0 radical (unpaired) electrons. The molecule has 6 nitrogen and oxygen atoms in total. The Morgan fingerprint density at radius 1 is 1.24 bits per heavy atom. The van der Waals surface area contributed by atoms with Crippen LogP contribution >= 0.6 is 22.7 Å². The van der Waals surface area contributed by atoms with Gasteiger partial charge in [-0.1, -0.05) is 6.07 Å². The molecule has 1 aliphatic rings. The number of rotatable bonds is 7. The van der Waals surface area contributed by atoms with Crippen LogP contribution in [0, 0.1) is 13.8 Å². The fraction of sp³-hybridized carbons (Fsp3) is 0.524. The van der Waals surface area contributed by atoms with Crippen LogP contribution in [-0.2, 0) is 11.3 Å². The van der Waals surface area contributed by atoms with Crippen LogP contribution in [0.4, 0.5) is 5.82 Å². The van der Waals surface area contributed by atoms with E-state index in [1.807, 2.05) is 0 Å². The fourth-order valence-corrected chi connectivity index (χ4v) is 5.63. The molecule has 4 rings (SSSR count). The highest BCUT2D eigenvalue weighted by atomic mass is 32.1. The number of nitrogens with one attached hydrogen (secondary N) is 1. The molecule has 1 atom stereocenters. The quantitative estimate of drug-likeness (QED) is 0.612. The summed E-state index contributed by atoms with van der Waals surface area (Å²) in [7, 11) is 4.26. The zero-order valence-electron chi connectivity index (χ0n) is 17.6. The number of hydrogen-bond acceptors (Lipinski definition) is 8. The van der Waals surface area contributed by atoms with Gasteiger partial charge in [-0.25, -0.2) is 9.97 Å². The minimum Gasteiger partial charge on any atom is -0.379 e. The molecule has 8 heteroatoms. The number of morpholine rings is 1. The van der Waals surface area contributed by atoms with Gasteiger partial charge in [-0.3, -0.25) is 4.90 Å². The van der Waals surface area contributed by atoms with Crippen molar-refractivity contribution in [1.82, 2.24) is 19.8 Å². The molecule has 3 aromatic rings. The van der Waals surface area contributed by atoms with E-state index in [1.165, 1.54) is 20.7 Å². The molecule has 0 aliphatic carbocycles. The highest BCUT2D eigenvalue weighted by Gasteiger charge is 2.20. The molecule has 1 aliphatic heterocycles. The minimum absolute atomic E-state index is 0.308. The van der Waals surface area contributed by atoms with Gasteiger partial charge in [0.15, 0.2) is 0 Å². The van der Waals surface area contributed by atoms with Crippen LogP contribution in [-0.4, -0.2) is 66.7 Å². The van der Waals surface area contributed by atoms with Gasteiger partial charge in [-0.05, 0) is 45.0 Å². The summed E-state index contributed by atoms with van der Waals surface area (Å²) in [5.41, 5.74) is 1.28. The summed E-state index contributed by atoms with van der Waals surface area (Å²) in [6.07, 6.45) is 0. The Kier molecular flexibility index (Phi) is 6.46. The standard InChI is InChI=1S/C21H29N5OS2/c1-14-15(2)29-21-19(14)20(22-12-16(25(3)4)17-6-5-11-28-17)23-18(24-21)13-26-7-9-27-10-8-26/h5-6,11,16H,7-10,12-13H2,1-4H3,(H,22,23,24). The highest BCUT2D eigenvalue weighted by Crippen LogP contribution is 2.34. The van der Waals surface area contributed by atoms with E-state index in [0.29, 0.717) is 6.04 Å². The van der Waals surface area contributed by atoms with Crippen molar-refractivity contribution in [2.75, 3.05) is 52.3 Å². The molecule has 1 fully saturated rings. The maximum Gasteiger partial charge on any atom is 0.146 e. The second-order valence-electron chi connectivity index (χ2n) is 7.72. The summed E-state index contributed by atoms with van der Waals surface area (Å²) >= 11 is 3.57. The molecule has 0 spiro atoms. The van der Waals surface area contributed by atoms with Gasteiger partial charge in [0.1, 0.15) is 16.5 Å². The van der Waals surface area contributed by atoms with E-state index in [-0.39, 0.29) is 0 Å². The molecule has 1 N–H and O–H groups in total. The number of fused-ring (bicyclic) bond motifs is 1. The van der Waals surface area contributed by atoms with Crippen LogP contribution in [0.25, 0.3) is 10.2 Å². The summed E-state index contributed by atoms with van der Waals surface area (Å²) in [5.74, 6) is 1.85. The van der Waals surface area contributed by atoms with E-state index >= 15 is 0 Å². The van der Waals surface area contributed by atoms with Crippen LogP contribution in [0.1, 0.15) is 27.2 Å². The van der Waals surface area contributed by atoms with Crippen molar-refractivity contribution in [2.24, 2.45) is 0 Å². The van der Waals surface area contributed by atoms with Crippen molar-refractivity contribution in [3.63, 3.8) is 0 Å². The van der Waals surface area contributed by atoms with Crippen LogP contribution in [0.15, 0.2) is 17.5 Å². The molecule has 0 saturated carbocycles. The fourth-order valence-electron chi connectivity index (χ4n) is 3.66. The van der Waals surface area contributed by atoms with E-state index in [9.17, 15) is 0 Å². The largest absolute Gasteiger partial charge is 0.379 e. The Morgan fingerprint density at radius 2 is 2.03 bits per heavy atom. The van der Waals surface area contributed by atoms with Crippen molar-refractivity contribution >= 4 is 38.7 Å². The van der Waals surface area contributed by atoms with Crippen molar-refractivity contribution in [2.45, 2.75) is 26.4 Å². The van der Waals surface area contributed by atoms with Gasteiger partial charge in [0.2, 0.25) is 0 Å². The number of nitrogens with zero attached hydrogens (tertiary/aromatic N) is 4. The van der Waals surface area contributed by atoms with Gasteiger partial charge in [-0.15, -0.1) is 22.7 Å². The molecule has 156 valence electrons. The predicted octanol–water partition coefficient (Wildman–Crippen LogP) is 3.92. The minimum atomic E-state index is 0.308. The smallest absolute Gasteiger partial charge is 0.146 e. The topological polar surface area (TPSA) is 53.5 Å². The maximum atomic E-state index is 5.48. The third kappa shape index (κ3) is 4.62. The van der Waals surface area contributed by atoms with Crippen LogP contribution < -0.4 is 5.32 Å². The van der Waals surface area contributed by atoms with Gasteiger partial charge >= 0.3 is 0 Å². The Morgan fingerprint density at radius 3 is 2.72 bits per heavy atom. The Hall–Kier alpha value is -1.58. The first-order chi connectivity index (χ1) is 14.0. The van der Waals surface area contributed by atoms with E-state index in [1.54, 1.807) is 22.7 Å². The summed E-state index contributed by atoms with van der Waals surface area (Å²) in [6, 6.07) is 4.63. The SMILES string of the molecule is Cc1sc2nc(CN3CCOCC3)nc(NCC(c3cccs3)N(C)C)c2c1C. The Balaban J connectivity index is 1.62. The molecule has 0 bridgehead atoms. The lowest BCUT2D eigenvalue weighted by atomic mass is 10.2. The zero-order valence-corrected chi connectivity index (χ0v) is 19.2. The molecule has 3 aromatic heterocycles. The van der Waals surface area contributed by atoms with Gasteiger partial charge in [0.25, 0.3) is 0 Å². The highest BCUT2D eigenvalue weighted by molar-refractivity contribution is 7.18. The second-order valence-corrected chi connectivity index (χ2v) is 9.90. The lowest BCUT2D eigenvalue weighted by Crippen LogP contribution is -2.36. The molecule has 0 aromatic carbocycles. The molecular formula is C21H29N5OS2. The van der Waals surface area contributed by atoms with E-state index in [2.05, 4.69) is 60.6 Å². The average Bonchev–Trinajstić information content (AvgIpc) is 3.31. The van der Waals surface area contributed by atoms with Crippen LogP contribution in [0.2, 0.25) is 0 Å². The van der Waals surface area contributed by atoms with Crippen molar-refractivity contribution in [3.05, 3.63) is 38.7 Å². The molecule has 1 unspecified atom stereocenters. The number of thiophene rings is 2. The molecule has 0 amide bonds. The van der Waals surface area contributed by atoms with Gasteiger partial charge < -0.3 is 15.0 Å². The second kappa shape index (κ2) is 9.06. The lowest BCUT2D eigenvalue weighted by molar-refractivity contribution is 0.0331. The number of likely N-dealkylation sites (N-methyl/N-ethyl adjacent to an activating group) is 1. The van der Waals surface area contributed by atoms with E-state index in [0.717, 1.165) is 55.9 Å². The Labute approximate surface area is 180 Å². The normalized spacial score (nSPS) is 16.6. The van der Waals surface area contributed by atoms with Crippen LogP contribution in [0.3, 0.4) is 0 Å². The molecule has 29 heavy (non-hydrogen) atoms. The number of hydrogen-bond donors (Lipinski definition) is 1. The molecule has 4 heterocycles. The van der Waals surface area contributed by atoms with Crippen LogP contribution in [0.5, 0.6) is 0 Å². The first kappa shape index (κ1) is 20.7. The first-order valence-electron chi connectivity index (χ1n) is 10.0. The number of ether oxygens (including phenoxy) is 1. The first-order valence-corrected chi connectivity index (χ1v) is 11.7. The molecular weight excluding hydrogens is 402 g/mol. The monoisotopic (exact) mass is 431 g/mol. The molecule has 1 saturated heterocycles. The zero-order chi connectivity index (χ0) is 20.4. The van der Waals surface area contributed by atoms with Crippen molar-refractivity contribution in [3.8, 4) is 0 Å². The number of aryl methyl sites for hydroxylation is 2. The summed E-state index contributed by atoms with van der Waals surface area (Å²) in [5, 5.41) is 6.98. The third-order valence-electron chi connectivity index (χ3n) is 5.50. The third-order valence-corrected chi connectivity index (χ3v) is 7.58. The Bertz CT molecular complexity index is 948. The summed E-state index contributed by atoms with van der Waals surface area (Å²) in [4.78, 5) is 18.3. The van der Waals surface area contributed by atoms with Gasteiger partial charge in [0, 0.05) is 29.4 Å². The van der Waals surface area contributed by atoms with Crippen molar-refractivity contribution in [1.29, 1.82) is 0 Å². The van der Waals surface area contributed by atoms with Gasteiger partial charge in [0.05, 0.1) is 31.2 Å². The predicted molar refractivity (Wildman–Crippen MR) is 122 cm³/mol. The average molecular weight is 432 g/mol.